The van der Waals surface area contributed by atoms with Gasteiger partial charge in [-0.25, -0.2) is 4.98 Å². The van der Waals surface area contributed by atoms with E-state index in [2.05, 4.69) is 20.5 Å². The van der Waals surface area contributed by atoms with Crippen LogP contribution < -0.4 is 10.1 Å². The van der Waals surface area contributed by atoms with E-state index in [4.69, 9.17) is 27.9 Å². The van der Waals surface area contributed by atoms with Crippen molar-refractivity contribution in [3.63, 3.8) is 0 Å². The van der Waals surface area contributed by atoms with Gasteiger partial charge in [-0.1, -0.05) is 23.2 Å². The predicted molar refractivity (Wildman–Crippen MR) is 70.8 cm³/mol. The van der Waals surface area contributed by atoms with Gasteiger partial charge in [-0.15, -0.1) is 10.2 Å². The predicted octanol–water partition coefficient (Wildman–Crippen LogP) is 2.44. The number of carbonyl (C=O) groups excluding carboxylic acids is 1. The van der Waals surface area contributed by atoms with Crippen LogP contribution in [0.5, 0.6) is 5.88 Å². The second-order valence-corrected chi connectivity index (χ2v) is 4.16. The minimum absolute atomic E-state index is 0.0247. The van der Waals surface area contributed by atoms with Crippen LogP contribution in [0.25, 0.3) is 0 Å². The molecule has 2 heterocycles. The molecule has 98 valence electrons. The van der Waals surface area contributed by atoms with Crippen molar-refractivity contribution in [3.05, 3.63) is 40.3 Å². The Morgan fingerprint density at radius 2 is 2.11 bits per heavy atom. The molecule has 0 fully saturated rings. The summed E-state index contributed by atoms with van der Waals surface area (Å²) in [7, 11) is 1.50. The Morgan fingerprint density at radius 3 is 2.74 bits per heavy atom. The van der Waals surface area contributed by atoms with E-state index >= 15 is 0 Å². The Balaban J connectivity index is 2.18. The van der Waals surface area contributed by atoms with Crippen LogP contribution in [0.1, 0.15) is 10.4 Å². The molecule has 0 aliphatic heterocycles. The van der Waals surface area contributed by atoms with Crippen LogP contribution >= 0.6 is 23.2 Å². The molecular formula is C11H8Cl2N4O2. The zero-order valence-corrected chi connectivity index (χ0v) is 11.2. The van der Waals surface area contributed by atoms with Crippen molar-refractivity contribution in [2.24, 2.45) is 0 Å². The first-order chi connectivity index (χ1) is 9.10. The molecule has 2 aromatic rings. The van der Waals surface area contributed by atoms with E-state index in [0.717, 1.165) is 0 Å². The number of amides is 1. The number of hydrogen-bond donors (Lipinski definition) is 1. The fourth-order valence-electron chi connectivity index (χ4n) is 1.29. The topological polar surface area (TPSA) is 77.0 Å². The van der Waals surface area contributed by atoms with E-state index in [1.54, 1.807) is 12.1 Å². The Kier molecular flexibility index (Phi) is 4.13. The van der Waals surface area contributed by atoms with Gasteiger partial charge in [-0.3, -0.25) is 4.79 Å². The first-order valence-corrected chi connectivity index (χ1v) is 5.86. The molecule has 19 heavy (non-hydrogen) atoms. The standard InChI is InChI=1S/C11H8Cl2N4O2/c1-19-9-3-2-6(5-14-9)15-11(18)7-4-8(12)16-17-10(7)13/h2-5H,1H3,(H,15,18). The largest absolute Gasteiger partial charge is 0.481 e. The summed E-state index contributed by atoms with van der Waals surface area (Å²) in [5, 5.41) is 9.75. The van der Waals surface area contributed by atoms with Gasteiger partial charge in [0.2, 0.25) is 5.88 Å². The Hall–Kier alpha value is -1.92. The van der Waals surface area contributed by atoms with Gasteiger partial charge < -0.3 is 10.1 Å². The van der Waals surface area contributed by atoms with Gasteiger partial charge in [0.05, 0.1) is 24.6 Å². The molecule has 2 aromatic heterocycles. The molecule has 0 saturated carbocycles. The molecule has 2 rings (SSSR count). The number of nitrogens with zero attached hydrogens (tertiary/aromatic N) is 3. The number of rotatable bonds is 3. The van der Waals surface area contributed by atoms with E-state index in [9.17, 15) is 4.79 Å². The fourth-order valence-corrected chi connectivity index (χ4v) is 1.61. The summed E-state index contributed by atoms with van der Waals surface area (Å²) < 4.78 is 4.91. The molecule has 0 aliphatic carbocycles. The monoisotopic (exact) mass is 298 g/mol. The number of methoxy groups -OCH3 is 1. The maximum absolute atomic E-state index is 12.0. The molecular weight excluding hydrogens is 291 g/mol. The highest BCUT2D eigenvalue weighted by molar-refractivity contribution is 6.34. The number of nitrogens with one attached hydrogen (secondary N) is 1. The third kappa shape index (κ3) is 3.30. The highest BCUT2D eigenvalue weighted by Crippen LogP contribution is 2.18. The van der Waals surface area contributed by atoms with E-state index in [1.165, 1.54) is 19.4 Å². The van der Waals surface area contributed by atoms with E-state index in [0.29, 0.717) is 11.6 Å². The van der Waals surface area contributed by atoms with Crippen LogP contribution in [0.4, 0.5) is 5.69 Å². The second kappa shape index (κ2) is 5.81. The van der Waals surface area contributed by atoms with Crippen LogP contribution in [0.3, 0.4) is 0 Å². The summed E-state index contributed by atoms with van der Waals surface area (Å²) in [6.07, 6.45) is 1.46. The second-order valence-electron chi connectivity index (χ2n) is 3.41. The van der Waals surface area contributed by atoms with Crippen LogP contribution in [0.2, 0.25) is 10.3 Å². The molecule has 0 spiro atoms. The molecule has 0 saturated heterocycles. The summed E-state index contributed by atoms with van der Waals surface area (Å²) in [5.74, 6) is -0.00146. The van der Waals surface area contributed by atoms with Gasteiger partial charge in [-0.2, -0.15) is 0 Å². The number of ether oxygens (including phenoxy) is 1. The lowest BCUT2D eigenvalue weighted by Gasteiger charge is -2.06. The summed E-state index contributed by atoms with van der Waals surface area (Å²) in [4.78, 5) is 15.9. The van der Waals surface area contributed by atoms with Crippen molar-refractivity contribution in [2.75, 3.05) is 12.4 Å². The lowest BCUT2D eigenvalue weighted by Crippen LogP contribution is -2.13. The highest BCUT2D eigenvalue weighted by atomic mass is 35.5. The Morgan fingerprint density at radius 1 is 1.32 bits per heavy atom. The molecule has 8 heteroatoms. The van der Waals surface area contributed by atoms with Crippen molar-refractivity contribution in [1.82, 2.24) is 15.2 Å². The molecule has 0 unspecified atom stereocenters. The average molecular weight is 299 g/mol. The lowest BCUT2D eigenvalue weighted by atomic mass is 10.3. The van der Waals surface area contributed by atoms with Crippen LogP contribution in [0, 0.1) is 0 Å². The van der Waals surface area contributed by atoms with Gasteiger partial charge in [-0.05, 0) is 12.1 Å². The van der Waals surface area contributed by atoms with Crippen molar-refractivity contribution >= 4 is 34.8 Å². The van der Waals surface area contributed by atoms with E-state index < -0.39 is 5.91 Å². The molecule has 0 radical (unpaired) electrons. The third-order valence-corrected chi connectivity index (χ3v) is 2.63. The maximum Gasteiger partial charge on any atom is 0.259 e. The highest BCUT2D eigenvalue weighted by Gasteiger charge is 2.13. The summed E-state index contributed by atoms with van der Waals surface area (Å²) in [5.41, 5.74) is 0.632. The Labute approximate surface area is 118 Å². The molecule has 1 amide bonds. The number of pyridine rings is 1. The number of halogens is 2. The van der Waals surface area contributed by atoms with Gasteiger partial charge in [0.1, 0.15) is 0 Å². The van der Waals surface area contributed by atoms with E-state index in [1.807, 2.05) is 0 Å². The first-order valence-electron chi connectivity index (χ1n) is 5.10. The summed E-state index contributed by atoms with van der Waals surface area (Å²) in [6.45, 7) is 0. The third-order valence-electron chi connectivity index (χ3n) is 2.17. The number of carbonyl (C=O) groups is 1. The smallest absolute Gasteiger partial charge is 0.259 e. The first kappa shape index (κ1) is 13.5. The SMILES string of the molecule is COc1ccc(NC(=O)c2cc(Cl)nnc2Cl)cn1. The van der Waals surface area contributed by atoms with Gasteiger partial charge in [0, 0.05) is 6.07 Å². The molecule has 6 nitrogen and oxygen atoms in total. The average Bonchev–Trinajstić information content (AvgIpc) is 2.42. The number of anilines is 1. The quantitative estimate of drug-likeness (QED) is 0.942. The maximum atomic E-state index is 12.0. The normalized spacial score (nSPS) is 10.1. The van der Waals surface area contributed by atoms with Crippen molar-refractivity contribution < 1.29 is 9.53 Å². The minimum atomic E-state index is -0.450. The van der Waals surface area contributed by atoms with Crippen molar-refractivity contribution in [2.45, 2.75) is 0 Å². The molecule has 0 atom stereocenters. The van der Waals surface area contributed by atoms with Gasteiger partial charge >= 0.3 is 0 Å². The molecule has 0 bridgehead atoms. The summed E-state index contributed by atoms with van der Waals surface area (Å²) >= 11 is 11.4. The zero-order chi connectivity index (χ0) is 13.8. The lowest BCUT2D eigenvalue weighted by molar-refractivity contribution is 0.102. The van der Waals surface area contributed by atoms with Gasteiger partial charge in [0.15, 0.2) is 10.3 Å². The fraction of sp³-hybridized carbons (Fsp3) is 0.0909. The molecule has 0 aliphatic rings. The zero-order valence-electron chi connectivity index (χ0n) is 9.72. The van der Waals surface area contributed by atoms with Crippen LogP contribution in [-0.2, 0) is 0 Å². The van der Waals surface area contributed by atoms with Crippen LogP contribution in [0.15, 0.2) is 24.4 Å². The minimum Gasteiger partial charge on any atom is -0.481 e. The number of hydrogen-bond acceptors (Lipinski definition) is 5. The molecule has 0 aromatic carbocycles. The van der Waals surface area contributed by atoms with Crippen molar-refractivity contribution in [1.29, 1.82) is 0 Å². The van der Waals surface area contributed by atoms with E-state index in [-0.39, 0.29) is 15.9 Å². The van der Waals surface area contributed by atoms with Gasteiger partial charge in [0.25, 0.3) is 5.91 Å². The number of aromatic nitrogens is 3. The Bertz CT molecular complexity index is 604. The summed E-state index contributed by atoms with van der Waals surface area (Å²) in [6, 6.07) is 4.60. The van der Waals surface area contributed by atoms with Crippen LogP contribution in [-0.4, -0.2) is 28.2 Å². The molecule has 1 N–H and O–H groups in total. The van der Waals surface area contributed by atoms with Crippen molar-refractivity contribution in [3.8, 4) is 5.88 Å².